The molecule has 36 heavy (non-hydrogen) atoms. The SMILES string of the molecule is C[C@H]1CC[C@H](c2ccccc2)S(=O)(=O)N1Cc1ccc(N2CC[C@@H](c3cn[nH]c3)[C@@H](CO)C2)cc1F. The number of aliphatic hydroxyl groups is 1. The third-order valence-electron chi connectivity index (χ3n) is 7.84. The number of sulfonamides is 1. The first-order valence-electron chi connectivity index (χ1n) is 12.6. The predicted octanol–water partition coefficient (Wildman–Crippen LogP) is 4.21. The molecule has 1 aromatic heterocycles. The highest BCUT2D eigenvalue weighted by molar-refractivity contribution is 7.89. The molecule has 3 heterocycles. The third kappa shape index (κ3) is 4.79. The number of rotatable bonds is 6. The summed E-state index contributed by atoms with van der Waals surface area (Å²) in [6.45, 7) is 3.30. The maximum Gasteiger partial charge on any atom is 0.221 e. The van der Waals surface area contributed by atoms with Gasteiger partial charge in [-0.2, -0.15) is 9.40 Å². The molecule has 4 atom stereocenters. The second kappa shape index (κ2) is 10.3. The molecule has 0 spiro atoms. The van der Waals surface area contributed by atoms with E-state index in [0.717, 1.165) is 36.2 Å². The van der Waals surface area contributed by atoms with Crippen LogP contribution in [-0.4, -0.2) is 53.8 Å². The Labute approximate surface area is 212 Å². The maximum atomic E-state index is 15.3. The van der Waals surface area contributed by atoms with Crippen molar-refractivity contribution in [2.75, 3.05) is 24.6 Å². The molecule has 2 aliphatic rings. The van der Waals surface area contributed by atoms with Gasteiger partial charge in [-0.3, -0.25) is 5.10 Å². The number of H-pyrrole nitrogens is 1. The van der Waals surface area contributed by atoms with Crippen LogP contribution in [0.3, 0.4) is 0 Å². The van der Waals surface area contributed by atoms with Crippen molar-refractivity contribution in [3.05, 3.63) is 83.4 Å². The topological polar surface area (TPSA) is 89.5 Å². The summed E-state index contributed by atoms with van der Waals surface area (Å²) in [6.07, 6.45) is 5.79. The molecule has 5 rings (SSSR count). The number of halogens is 1. The summed E-state index contributed by atoms with van der Waals surface area (Å²) in [5, 5.41) is 16.3. The first kappa shape index (κ1) is 24.9. The third-order valence-corrected chi connectivity index (χ3v) is 10.2. The number of aromatic amines is 1. The van der Waals surface area contributed by atoms with Gasteiger partial charge in [0.05, 0.1) is 6.20 Å². The van der Waals surface area contributed by atoms with E-state index in [1.54, 1.807) is 12.3 Å². The van der Waals surface area contributed by atoms with E-state index in [4.69, 9.17) is 0 Å². The highest BCUT2D eigenvalue weighted by atomic mass is 32.2. The molecule has 2 N–H and O–H groups in total. The lowest BCUT2D eigenvalue weighted by Gasteiger charge is -2.39. The zero-order chi connectivity index (χ0) is 25.3. The van der Waals surface area contributed by atoms with Gasteiger partial charge in [0.1, 0.15) is 11.1 Å². The molecular weight excluding hydrogens is 479 g/mol. The van der Waals surface area contributed by atoms with Gasteiger partial charge in [0.2, 0.25) is 10.0 Å². The normalized spacial score (nSPS) is 26.7. The molecule has 2 aromatic carbocycles. The minimum atomic E-state index is -3.63. The van der Waals surface area contributed by atoms with Gasteiger partial charge in [-0.1, -0.05) is 36.4 Å². The lowest BCUT2D eigenvalue weighted by molar-refractivity contribution is 0.189. The largest absolute Gasteiger partial charge is 0.396 e. The van der Waals surface area contributed by atoms with Gasteiger partial charge in [-0.25, -0.2) is 12.8 Å². The fourth-order valence-electron chi connectivity index (χ4n) is 5.74. The molecule has 7 nitrogen and oxygen atoms in total. The van der Waals surface area contributed by atoms with Crippen LogP contribution in [0.25, 0.3) is 0 Å². The minimum Gasteiger partial charge on any atom is -0.396 e. The van der Waals surface area contributed by atoms with Crippen LogP contribution in [0.15, 0.2) is 60.9 Å². The standard InChI is InChI=1S/C27H33FN4O3S/c1-19-7-10-27(20-5-3-2-4-6-20)36(34,35)32(19)17-21-8-9-24(13-26(21)28)31-12-11-25(23(16-31)18-33)22-14-29-30-15-22/h2-6,8-9,13-15,19,23,25,27,33H,7,10-12,16-18H2,1H3,(H,29,30)/t19-,23+,25-,27+/m0/s1. The Morgan fingerprint density at radius 2 is 1.92 bits per heavy atom. The molecule has 9 heteroatoms. The predicted molar refractivity (Wildman–Crippen MR) is 137 cm³/mol. The van der Waals surface area contributed by atoms with Gasteiger partial charge in [-0.05, 0) is 55.4 Å². The summed E-state index contributed by atoms with van der Waals surface area (Å²) in [6, 6.07) is 14.1. The van der Waals surface area contributed by atoms with Crippen LogP contribution in [0, 0.1) is 11.7 Å². The second-order valence-corrected chi connectivity index (χ2v) is 12.1. The Morgan fingerprint density at radius 1 is 1.11 bits per heavy atom. The molecule has 0 unspecified atom stereocenters. The number of benzene rings is 2. The fourth-order valence-corrected chi connectivity index (χ4v) is 7.92. The summed E-state index contributed by atoms with van der Waals surface area (Å²) in [4.78, 5) is 2.09. The van der Waals surface area contributed by atoms with Crippen molar-refractivity contribution in [1.82, 2.24) is 14.5 Å². The Bertz CT molecular complexity index is 1270. The van der Waals surface area contributed by atoms with Gasteiger partial charge >= 0.3 is 0 Å². The van der Waals surface area contributed by atoms with Crippen LogP contribution in [0.5, 0.6) is 0 Å². The summed E-state index contributed by atoms with van der Waals surface area (Å²) in [7, 11) is -3.63. The Hall–Kier alpha value is -2.75. The van der Waals surface area contributed by atoms with Crippen molar-refractivity contribution in [3.63, 3.8) is 0 Å². The number of hydrogen-bond donors (Lipinski definition) is 2. The second-order valence-electron chi connectivity index (χ2n) is 10.0. The van der Waals surface area contributed by atoms with E-state index in [2.05, 4.69) is 15.1 Å². The van der Waals surface area contributed by atoms with Crippen LogP contribution < -0.4 is 4.90 Å². The van der Waals surface area contributed by atoms with Crippen molar-refractivity contribution >= 4 is 15.7 Å². The molecular formula is C27H33FN4O3S. The molecule has 0 aliphatic carbocycles. The van der Waals surface area contributed by atoms with Crippen LogP contribution in [0.2, 0.25) is 0 Å². The van der Waals surface area contributed by atoms with Gasteiger partial charge in [0.25, 0.3) is 0 Å². The lowest BCUT2D eigenvalue weighted by atomic mass is 9.82. The average Bonchev–Trinajstić information content (AvgIpc) is 3.42. The van der Waals surface area contributed by atoms with Crippen molar-refractivity contribution < 1.29 is 17.9 Å². The average molecular weight is 513 g/mol. The summed E-state index contributed by atoms with van der Waals surface area (Å²) in [5.41, 5.74) is 2.98. The molecule has 0 bridgehead atoms. The fraction of sp³-hybridized carbons (Fsp3) is 0.444. The molecule has 192 valence electrons. The number of nitrogens with one attached hydrogen (secondary N) is 1. The monoisotopic (exact) mass is 512 g/mol. The van der Waals surface area contributed by atoms with E-state index in [1.165, 1.54) is 10.4 Å². The summed E-state index contributed by atoms with van der Waals surface area (Å²) in [5.74, 6) is -0.180. The highest BCUT2D eigenvalue weighted by Gasteiger charge is 2.40. The number of aromatic nitrogens is 2. The summed E-state index contributed by atoms with van der Waals surface area (Å²) < 4.78 is 43.8. The van der Waals surface area contributed by atoms with Gasteiger partial charge in [0, 0.05) is 55.6 Å². The maximum absolute atomic E-state index is 15.3. The van der Waals surface area contributed by atoms with E-state index in [9.17, 15) is 13.5 Å². The molecule has 2 saturated heterocycles. The molecule has 2 aliphatic heterocycles. The minimum absolute atomic E-state index is 0.0147. The molecule has 3 aromatic rings. The van der Waals surface area contributed by atoms with Crippen molar-refractivity contribution in [3.8, 4) is 0 Å². The smallest absolute Gasteiger partial charge is 0.221 e. The van der Waals surface area contributed by atoms with Gasteiger partial charge in [-0.15, -0.1) is 0 Å². The number of aliphatic hydroxyl groups excluding tert-OH is 1. The number of nitrogens with zero attached hydrogens (tertiary/aromatic N) is 3. The van der Waals surface area contributed by atoms with Crippen LogP contribution in [0.1, 0.15) is 54.0 Å². The highest BCUT2D eigenvalue weighted by Crippen LogP contribution is 2.39. The van der Waals surface area contributed by atoms with E-state index in [-0.39, 0.29) is 31.0 Å². The van der Waals surface area contributed by atoms with Crippen molar-refractivity contribution in [1.29, 1.82) is 0 Å². The zero-order valence-corrected chi connectivity index (χ0v) is 21.2. The molecule has 0 amide bonds. The number of piperidine rings is 1. The van der Waals surface area contributed by atoms with E-state index in [1.807, 2.05) is 49.5 Å². The van der Waals surface area contributed by atoms with Gasteiger partial charge < -0.3 is 10.0 Å². The van der Waals surface area contributed by atoms with E-state index >= 15 is 4.39 Å². The molecule has 0 saturated carbocycles. The number of anilines is 1. The van der Waals surface area contributed by atoms with Crippen LogP contribution >= 0.6 is 0 Å². The summed E-state index contributed by atoms with van der Waals surface area (Å²) >= 11 is 0. The Kier molecular flexibility index (Phi) is 7.14. The molecule has 2 fully saturated rings. The molecule has 0 radical (unpaired) electrons. The van der Waals surface area contributed by atoms with E-state index in [0.29, 0.717) is 18.5 Å². The van der Waals surface area contributed by atoms with Crippen molar-refractivity contribution in [2.24, 2.45) is 5.92 Å². The van der Waals surface area contributed by atoms with Crippen molar-refractivity contribution in [2.45, 2.75) is 49.9 Å². The van der Waals surface area contributed by atoms with Crippen LogP contribution in [-0.2, 0) is 16.6 Å². The van der Waals surface area contributed by atoms with Crippen LogP contribution in [0.4, 0.5) is 10.1 Å². The number of hydrogen-bond acceptors (Lipinski definition) is 5. The Balaban J connectivity index is 1.32. The van der Waals surface area contributed by atoms with Gasteiger partial charge in [0.15, 0.2) is 0 Å². The van der Waals surface area contributed by atoms with E-state index < -0.39 is 21.1 Å². The Morgan fingerprint density at radius 3 is 2.61 bits per heavy atom. The first-order valence-corrected chi connectivity index (χ1v) is 14.1. The first-order chi connectivity index (χ1) is 17.4. The lowest BCUT2D eigenvalue weighted by Crippen LogP contribution is -2.44. The zero-order valence-electron chi connectivity index (χ0n) is 20.4. The quantitative estimate of drug-likeness (QED) is 0.517.